The van der Waals surface area contributed by atoms with Crippen molar-refractivity contribution in [1.29, 1.82) is 0 Å². The minimum atomic E-state index is -0.986. The second-order valence-corrected chi connectivity index (χ2v) is 13.2. The van der Waals surface area contributed by atoms with Crippen molar-refractivity contribution in [1.82, 2.24) is 25.7 Å². The van der Waals surface area contributed by atoms with Gasteiger partial charge in [0.1, 0.15) is 6.04 Å². The number of hydrogen-bond donors (Lipinski definition) is 4. The Bertz CT molecular complexity index is 1300. The Morgan fingerprint density at radius 3 is 2.51 bits per heavy atom. The van der Waals surface area contributed by atoms with Gasteiger partial charge in [0.15, 0.2) is 11.6 Å². The molecule has 5 aliphatic rings. The van der Waals surface area contributed by atoms with Gasteiger partial charge < -0.3 is 21.1 Å². The summed E-state index contributed by atoms with van der Waals surface area (Å²) < 4.78 is 28.8. The number of aromatic nitrogens is 2. The molecule has 1 aromatic carbocycles. The summed E-state index contributed by atoms with van der Waals surface area (Å²) in [7, 11) is 0. The van der Waals surface area contributed by atoms with Crippen LogP contribution in [-0.4, -0.2) is 51.1 Å². The number of hydrogen-bond acceptors (Lipinski definition) is 5. The molecule has 0 saturated heterocycles. The van der Waals surface area contributed by atoms with Gasteiger partial charge in [0.2, 0.25) is 5.91 Å². The van der Waals surface area contributed by atoms with E-state index in [0.717, 1.165) is 43.4 Å². The first-order valence-electron chi connectivity index (χ1n) is 14.0. The summed E-state index contributed by atoms with van der Waals surface area (Å²) in [5.74, 6) is -0.937. The Hall–Kier alpha value is -2.85. The number of aliphatic hydroxyl groups is 1. The van der Waals surface area contributed by atoms with Crippen molar-refractivity contribution in [3.8, 4) is 11.3 Å². The maximum absolute atomic E-state index is 14.0. The smallest absolute Gasteiger partial charge is 0.343 e. The molecule has 1 aliphatic heterocycles. The maximum Gasteiger partial charge on any atom is 0.343 e. The zero-order valence-electron chi connectivity index (χ0n) is 22.7. The number of nitrogens with zero attached hydrogens (tertiary/aromatic N) is 2. The molecule has 2 amide bonds. The van der Waals surface area contributed by atoms with Crippen molar-refractivity contribution >= 4 is 11.9 Å². The van der Waals surface area contributed by atoms with Crippen molar-refractivity contribution in [3.05, 3.63) is 41.1 Å². The summed E-state index contributed by atoms with van der Waals surface area (Å²) in [5.41, 5.74) is 0.694. The first kappa shape index (κ1) is 26.4. The van der Waals surface area contributed by atoms with Crippen molar-refractivity contribution in [3.63, 3.8) is 0 Å². The van der Waals surface area contributed by atoms with E-state index in [4.69, 9.17) is 0 Å². The van der Waals surface area contributed by atoms with Gasteiger partial charge in [0.25, 0.3) is 0 Å². The number of carbonyl (C=O) groups excluding carboxylic acids is 2. The lowest BCUT2D eigenvalue weighted by Gasteiger charge is -2.59. The van der Waals surface area contributed by atoms with Gasteiger partial charge in [0, 0.05) is 30.6 Å². The van der Waals surface area contributed by atoms with Gasteiger partial charge >= 0.3 is 6.03 Å². The molecule has 8 nitrogen and oxygen atoms in total. The van der Waals surface area contributed by atoms with Crippen LogP contribution in [0.2, 0.25) is 0 Å². The summed E-state index contributed by atoms with van der Waals surface area (Å²) in [6.07, 6.45) is 5.18. The van der Waals surface area contributed by atoms with Gasteiger partial charge in [-0.2, -0.15) is 9.78 Å². The lowest BCUT2D eigenvalue weighted by molar-refractivity contribution is -0.159. The third-order valence-corrected chi connectivity index (χ3v) is 9.28. The van der Waals surface area contributed by atoms with Crippen LogP contribution in [0.15, 0.2) is 18.2 Å². The van der Waals surface area contributed by atoms with Gasteiger partial charge in [-0.15, -0.1) is 0 Å². The molecule has 4 bridgehead atoms. The minimum absolute atomic E-state index is 0.255. The second kappa shape index (κ2) is 9.37. The van der Waals surface area contributed by atoms with Crippen LogP contribution in [0.1, 0.15) is 64.1 Å². The highest BCUT2D eigenvalue weighted by molar-refractivity contribution is 5.89. The minimum Gasteiger partial charge on any atom is -0.388 e. The summed E-state index contributed by atoms with van der Waals surface area (Å²) in [4.78, 5) is 27.4. The van der Waals surface area contributed by atoms with E-state index in [-0.39, 0.29) is 17.9 Å². The van der Waals surface area contributed by atoms with Crippen molar-refractivity contribution in [2.45, 2.75) is 83.5 Å². The van der Waals surface area contributed by atoms with Crippen LogP contribution in [0.25, 0.3) is 11.3 Å². The van der Waals surface area contributed by atoms with Crippen LogP contribution in [0, 0.1) is 34.8 Å². The van der Waals surface area contributed by atoms with E-state index in [1.54, 1.807) is 0 Å². The number of fused-ring (bicyclic) bond motifs is 1. The predicted molar refractivity (Wildman–Crippen MR) is 141 cm³/mol. The second-order valence-electron chi connectivity index (χ2n) is 13.2. The molecule has 2 unspecified atom stereocenters. The number of rotatable bonds is 4. The normalized spacial score (nSPS) is 30.1. The Morgan fingerprint density at radius 2 is 1.87 bits per heavy atom. The fourth-order valence-corrected chi connectivity index (χ4v) is 7.74. The van der Waals surface area contributed by atoms with Crippen molar-refractivity contribution in [2.75, 3.05) is 6.54 Å². The Balaban J connectivity index is 1.26. The first-order valence-corrected chi connectivity index (χ1v) is 14.0. The molecule has 4 N–H and O–H groups in total. The fraction of sp³-hybridized carbons (Fsp3) is 0.621. The van der Waals surface area contributed by atoms with Crippen LogP contribution >= 0.6 is 0 Å². The van der Waals surface area contributed by atoms with E-state index in [9.17, 15) is 23.5 Å². The zero-order valence-corrected chi connectivity index (χ0v) is 22.7. The van der Waals surface area contributed by atoms with Crippen molar-refractivity contribution in [2.24, 2.45) is 23.2 Å². The third kappa shape index (κ3) is 4.65. The van der Waals surface area contributed by atoms with Gasteiger partial charge in [-0.05, 0) is 73.5 Å². The van der Waals surface area contributed by atoms with Gasteiger partial charge in [-0.1, -0.05) is 20.8 Å². The highest BCUT2D eigenvalue weighted by Gasteiger charge is 2.57. The first-order chi connectivity index (χ1) is 18.4. The highest BCUT2D eigenvalue weighted by atomic mass is 19.2. The van der Waals surface area contributed by atoms with E-state index in [0.29, 0.717) is 48.3 Å². The molecule has 2 heterocycles. The third-order valence-electron chi connectivity index (χ3n) is 9.28. The molecule has 0 radical (unpaired) electrons. The molecule has 0 spiro atoms. The molecule has 4 saturated carbocycles. The summed E-state index contributed by atoms with van der Waals surface area (Å²) in [6, 6.07) is 1.82. The standard InChI is InChI=1S/C29H37F2N5O3/c1-28(2,3)25(26(37)33-24-18-9-15-8-16(10-18)13-29(24,39)12-15)34-27(38)36-22-6-7-32-14-19(22)23(35-36)17-4-5-20(30)21(31)11-17/h4-5,11,15-16,18,24-25,32,39H,6-10,12-14H2,1-3H3,(H,33,37)(H,34,38)/t15?,16?,18?,24-,25+,29?/m0/s1. The molecule has 1 aromatic heterocycles. The van der Waals surface area contributed by atoms with Crippen LogP contribution in [0.5, 0.6) is 0 Å². The Morgan fingerprint density at radius 1 is 1.15 bits per heavy atom. The molecular weight excluding hydrogens is 504 g/mol. The highest BCUT2D eigenvalue weighted by Crippen LogP contribution is 2.55. The zero-order chi connectivity index (χ0) is 27.7. The molecule has 7 rings (SSSR count). The van der Waals surface area contributed by atoms with E-state index in [2.05, 4.69) is 21.0 Å². The maximum atomic E-state index is 14.0. The van der Waals surface area contributed by atoms with E-state index >= 15 is 0 Å². The fourth-order valence-electron chi connectivity index (χ4n) is 7.74. The van der Waals surface area contributed by atoms with Gasteiger partial charge in [-0.25, -0.2) is 13.6 Å². The molecular formula is C29H37F2N5O3. The number of halogens is 2. The van der Waals surface area contributed by atoms with Crippen molar-refractivity contribution < 1.29 is 23.5 Å². The summed E-state index contributed by atoms with van der Waals surface area (Å²) in [5, 5.41) is 25.3. The van der Waals surface area contributed by atoms with E-state index in [1.807, 2.05) is 20.8 Å². The van der Waals surface area contributed by atoms with Crippen LogP contribution in [0.3, 0.4) is 0 Å². The Labute approximate surface area is 226 Å². The molecule has 210 valence electrons. The molecule has 2 aromatic rings. The number of amides is 2. The molecule has 4 fully saturated rings. The predicted octanol–water partition coefficient (Wildman–Crippen LogP) is 3.50. The molecule has 4 atom stereocenters. The molecule has 10 heteroatoms. The number of nitrogens with one attached hydrogen (secondary N) is 3. The number of carbonyl (C=O) groups is 2. The van der Waals surface area contributed by atoms with Gasteiger partial charge in [0.05, 0.1) is 23.0 Å². The molecule has 4 aliphatic carbocycles. The summed E-state index contributed by atoms with van der Waals surface area (Å²) >= 11 is 0. The van der Waals surface area contributed by atoms with Crippen LogP contribution < -0.4 is 16.0 Å². The molecule has 39 heavy (non-hydrogen) atoms. The quantitative estimate of drug-likeness (QED) is 0.474. The largest absolute Gasteiger partial charge is 0.388 e. The monoisotopic (exact) mass is 541 g/mol. The van der Waals surface area contributed by atoms with Crippen LogP contribution in [0.4, 0.5) is 13.6 Å². The SMILES string of the molecule is CC(C)(C)[C@H](NC(=O)n1nc(-c2ccc(F)c(F)c2)c2c1CCNC2)C(=O)N[C@H]1C2CC3CC(C2)CC1(O)C3. The number of benzene rings is 1. The van der Waals surface area contributed by atoms with E-state index in [1.165, 1.54) is 17.2 Å². The topological polar surface area (TPSA) is 108 Å². The van der Waals surface area contributed by atoms with Gasteiger partial charge in [-0.3, -0.25) is 4.79 Å². The van der Waals surface area contributed by atoms with Crippen LogP contribution in [-0.2, 0) is 17.8 Å². The lowest BCUT2D eigenvalue weighted by Crippen LogP contribution is -2.68. The Kier molecular flexibility index (Phi) is 6.34. The lowest BCUT2D eigenvalue weighted by atomic mass is 9.52. The van der Waals surface area contributed by atoms with E-state index < -0.39 is 34.7 Å². The summed E-state index contributed by atoms with van der Waals surface area (Å²) in [6.45, 7) is 6.73. The average Bonchev–Trinajstić information content (AvgIpc) is 3.25. The average molecular weight is 542 g/mol.